The molecule has 1 fully saturated rings. The van der Waals surface area contributed by atoms with Crippen molar-refractivity contribution < 1.29 is 27.2 Å². The Hall–Kier alpha value is -2.95. The van der Waals surface area contributed by atoms with E-state index in [9.17, 15) is 27.2 Å². The number of aromatic nitrogens is 2. The lowest BCUT2D eigenvalue weighted by molar-refractivity contribution is -0.141. The minimum Gasteiger partial charge on any atom is -0.310 e. The van der Waals surface area contributed by atoms with Gasteiger partial charge in [-0.15, -0.1) is 0 Å². The number of pyridine rings is 2. The number of nitrogens with one attached hydrogen (secondary N) is 1. The molecule has 3 rings (SSSR count). The number of hydrogen-bond acceptors (Lipinski definition) is 4. The first-order chi connectivity index (χ1) is 15.0. The molecule has 3 heterocycles. The van der Waals surface area contributed by atoms with Gasteiger partial charge in [0.1, 0.15) is 12.2 Å². The Bertz CT molecular complexity index is 1000. The zero-order valence-corrected chi connectivity index (χ0v) is 17.9. The van der Waals surface area contributed by atoms with Crippen LogP contribution in [0, 0.1) is 11.7 Å². The molecule has 0 saturated carbocycles. The highest BCUT2D eigenvalue weighted by Gasteiger charge is 2.40. The van der Waals surface area contributed by atoms with E-state index >= 15 is 0 Å². The van der Waals surface area contributed by atoms with Gasteiger partial charge >= 0.3 is 12.2 Å². The van der Waals surface area contributed by atoms with Gasteiger partial charge in [-0.05, 0) is 30.5 Å². The second-order valence-corrected chi connectivity index (χ2v) is 8.17. The van der Waals surface area contributed by atoms with Crippen LogP contribution < -0.4 is 10.2 Å². The number of carbonyl (C=O) groups is 2. The third-order valence-electron chi connectivity index (χ3n) is 4.78. The molecule has 1 N–H and O–H groups in total. The van der Waals surface area contributed by atoms with Crippen LogP contribution in [0.2, 0.25) is 5.02 Å². The van der Waals surface area contributed by atoms with Crippen LogP contribution in [0.1, 0.15) is 26.0 Å². The third kappa shape index (κ3) is 5.45. The maximum absolute atomic E-state index is 13.9. The first-order valence-corrected chi connectivity index (χ1v) is 10.1. The molecule has 0 aliphatic carbocycles. The smallest absolute Gasteiger partial charge is 0.310 e. The second kappa shape index (κ2) is 9.27. The van der Waals surface area contributed by atoms with Gasteiger partial charge in [0.25, 0.3) is 0 Å². The van der Waals surface area contributed by atoms with Crippen molar-refractivity contribution in [3.8, 4) is 0 Å². The van der Waals surface area contributed by atoms with Gasteiger partial charge < -0.3 is 10.2 Å². The number of nitrogens with zero attached hydrogens (tertiary/aromatic N) is 4. The van der Waals surface area contributed by atoms with E-state index in [2.05, 4.69) is 15.3 Å². The number of urea groups is 1. The van der Waals surface area contributed by atoms with E-state index in [0.717, 1.165) is 24.4 Å². The molecular weight excluding hydrogens is 454 g/mol. The van der Waals surface area contributed by atoms with E-state index in [1.807, 2.05) is 13.8 Å². The van der Waals surface area contributed by atoms with Gasteiger partial charge in [-0.2, -0.15) is 13.2 Å². The fourth-order valence-corrected chi connectivity index (χ4v) is 3.55. The average Bonchev–Trinajstić information content (AvgIpc) is 2.98. The van der Waals surface area contributed by atoms with Gasteiger partial charge in [-0.25, -0.2) is 19.2 Å². The van der Waals surface area contributed by atoms with Crippen molar-refractivity contribution in [1.29, 1.82) is 0 Å². The third-order valence-corrected chi connectivity index (χ3v) is 4.99. The van der Waals surface area contributed by atoms with E-state index in [1.165, 1.54) is 16.0 Å². The molecule has 0 spiro atoms. The zero-order valence-electron chi connectivity index (χ0n) is 17.2. The molecule has 1 aliphatic heterocycles. The number of anilines is 2. The van der Waals surface area contributed by atoms with Gasteiger partial charge in [0.15, 0.2) is 11.6 Å². The molecule has 3 amide bonds. The van der Waals surface area contributed by atoms with Crippen molar-refractivity contribution in [2.24, 2.45) is 5.92 Å². The summed E-state index contributed by atoms with van der Waals surface area (Å²) in [4.78, 5) is 35.2. The SMILES string of the molecule is CC(C)C[C@H]1CN(c2ccc(C(F)(F)F)nc2)C(=O)N1CC(=O)Nc1ncc(Cl)cc1F. The van der Waals surface area contributed by atoms with E-state index in [0.29, 0.717) is 6.42 Å². The van der Waals surface area contributed by atoms with E-state index in [-0.39, 0.29) is 41.6 Å². The first kappa shape index (κ1) is 23.7. The minimum atomic E-state index is -4.59. The summed E-state index contributed by atoms with van der Waals surface area (Å²) >= 11 is 5.65. The van der Waals surface area contributed by atoms with Crippen molar-refractivity contribution in [2.45, 2.75) is 32.5 Å². The summed E-state index contributed by atoms with van der Waals surface area (Å²) in [6.45, 7) is 3.67. The lowest BCUT2D eigenvalue weighted by Crippen LogP contribution is -2.41. The predicted molar refractivity (Wildman–Crippen MR) is 110 cm³/mol. The highest BCUT2D eigenvalue weighted by Crippen LogP contribution is 2.31. The number of rotatable bonds is 6. The Labute approximate surface area is 186 Å². The quantitative estimate of drug-likeness (QED) is 0.623. The van der Waals surface area contributed by atoms with Crippen molar-refractivity contribution in [1.82, 2.24) is 14.9 Å². The van der Waals surface area contributed by atoms with Crippen LogP contribution in [-0.2, 0) is 11.0 Å². The molecule has 12 heteroatoms. The summed E-state index contributed by atoms with van der Waals surface area (Å²) in [5, 5.41) is 2.37. The number of amides is 3. The standard InChI is InChI=1S/C20H20ClF4N5O2/c1-11(2)5-14-9-29(13-3-4-16(26-8-13)20(23,24)25)19(32)30(14)10-17(31)28-18-15(22)6-12(21)7-27-18/h3-4,6-8,11,14H,5,9-10H2,1-2H3,(H,27,28,31)/t14-/m0/s1. The summed E-state index contributed by atoms with van der Waals surface area (Å²) in [5.74, 6) is -1.64. The fourth-order valence-electron chi connectivity index (χ4n) is 3.40. The molecule has 1 aliphatic rings. The van der Waals surface area contributed by atoms with Crippen LogP contribution in [0.3, 0.4) is 0 Å². The average molecular weight is 474 g/mol. The van der Waals surface area contributed by atoms with E-state index in [4.69, 9.17) is 11.6 Å². The van der Waals surface area contributed by atoms with Crippen molar-refractivity contribution >= 4 is 35.0 Å². The molecule has 0 aromatic carbocycles. The van der Waals surface area contributed by atoms with Gasteiger partial charge in [-0.1, -0.05) is 25.4 Å². The van der Waals surface area contributed by atoms with Gasteiger partial charge in [0, 0.05) is 12.7 Å². The van der Waals surface area contributed by atoms with Crippen molar-refractivity contribution in [2.75, 3.05) is 23.3 Å². The largest absolute Gasteiger partial charge is 0.433 e. The van der Waals surface area contributed by atoms with Crippen LogP contribution in [-0.4, -0.2) is 45.9 Å². The normalized spacial score (nSPS) is 16.8. The molecule has 32 heavy (non-hydrogen) atoms. The molecule has 172 valence electrons. The number of hydrogen-bond donors (Lipinski definition) is 1. The molecule has 0 unspecified atom stereocenters. The van der Waals surface area contributed by atoms with Crippen LogP contribution in [0.4, 0.5) is 33.9 Å². The fraction of sp³-hybridized carbons (Fsp3) is 0.400. The Morgan fingerprint density at radius 1 is 1.28 bits per heavy atom. The van der Waals surface area contributed by atoms with Crippen molar-refractivity contribution in [3.63, 3.8) is 0 Å². The van der Waals surface area contributed by atoms with E-state index in [1.54, 1.807) is 0 Å². The number of carbonyl (C=O) groups excluding carboxylic acids is 2. The number of halogens is 5. The molecule has 2 aromatic heterocycles. The topological polar surface area (TPSA) is 78.4 Å². The summed E-state index contributed by atoms with van der Waals surface area (Å²) < 4.78 is 52.2. The highest BCUT2D eigenvalue weighted by molar-refractivity contribution is 6.30. The molecule has 0 radical (unpaired) electrons. The lowest BCUT2D eigenvalue weighted by atomic mass is 10.0. The minimum absolute atomic E-state index is 0.0630. The van der Waals surface area contributed by atoms with Crippen LogP contribution in [0.15, 0.2) is 30.6 Å². The number of alkyl halides is 3. The summed E-state index contributed by atoms with van der Waals surface area (Å²) in [5.41, 5.74) is -0.884. The van der Waals surface area contributed by atoms with Gasteiger partial charge in [-0.3, -0.25) is 9.69 Å². The maximum atomic E-state index is 13.9. The maximum Gasteiger partial charge on any atom is 0.433 e. The molecule has 0 bridgehead atoms. The molecule has 1 atom stereocenters. The Morgan fingerprint density at radius 3 is 2.56 bits per heavy atom. The highest BCUT2D eigenvalue weighted by atomic mass is 35.5. The first-order valence-electron chi connectivity index (χ1n) is 9.68. The Balaban J connectivity index is 1.77. The molecule has 2 aromatic rings. The molecule has 1 saturated heterocycles. The van der Waals surface area contributed by atoms with Gasteiger partial charge in [0.2, 0.25) is 5.91 Å². The monoisotopic (exact) mass is 473 g/mol. The summed E-state index contributed by atoms with van der Waals surface area (Å²) in [6, 6.07) is 2.02. The Kier molecular flexibility index (Phi) is 6.87. The summed E-state index contributed by atoms with van der Waals surface area (Å²) in [6.07, 6.45) is -1.90. The Morgan fingerprint density at radius 2 is 2.00 bits per heavy atom. The van der Waals surface area contributed by atoms with E-state index < -0.39 is 29.6 Å². The second-order valence-electron chi connectivity index (χ2n) is 7.74. The van der Waals surface area contributed by atoms with Gasteiger partial charge in [0.05, 0.1) is 22.9 Å². The zero-order chi connectivity index (χ0) is 23.6. The van der Waals surface area contributed by atoms with Crippen LogP contribution in [0.5, 0.6) is 0 Å². The summed E-state index contributed by atoms with van der Waals surface area (Å²) in [7, 11) is 0. The lowest BCUT2D eigenvalue weighted by Gasteiger charge is -2.23. The van der Waals surface area contributed by atoms with Crippen LogP contribution in [0.25, 0.3) is 0 Å². The molecular formula is C20H20ClF4N5O2. The predicted octanol–water partition coefficient (Wildman–Crippen LogP) is 4.58. The molecule has 7 nitrogen and oxygen atoms in total. The van der Waals surface area contributed by atoms with Crippen LogP contribution >= 0.6 is 11.6 Å². The van der Waals surface area contributed by atoms with Crippen molar-refractivity contribution in [3.05, 3.63) is 47.1 Å².